The van der Waals surface area contributed by atoms with E-state index in [1.54, 1.807) is 0 Å². The molecule has 0 spiro atoms. The zero-order valence-corrected chi connectivity index (χ0v) is 18.0. The van der Waals surface area contributed by atoms with Gasteiger partial charge in [-0.2, -0.15) is 0 Å². The largest absolute Gasteiger partial charge is 0.352 e. The fourth-order valence-electron chi connectivity index (χ4n) is 6.78. The van der Waals surface area contributed by atoms with E-state index in [9.17, 15) is 9.18 Å². The molecule has 1 heterocycles. The lowest BCUT2D eigenvalue weighted by Crippen LogP contribution is -2.49. The van der Waals surface area contributed by atoms with Gasteiger partial charge in [0.15, 0.2) is 0 Å². The fraction of sp³-hybridized carbons (Fsp3) is 0.957. The average molecular weight is 394 g/mol. The van der Waals surface area contributed by atoms with E-state index in [0.717, 1.165) is 37.1 Å². The van der Waals surface area contributed by atoms with E-state index in [1.807, 2.05) is 0 Å². The maximum atomic E-state index is 14.3. The third-order valence-corrected chi connectivity index (χ3v) is 8.56. The molecule has 3 aliphatic carbocycles. The minimum Gasteiger partial charge on any atom is -0.352 e. The van der Waals surface area contributed by atoms with Crippen LogP contribution in [-0.4, -0.2) is 55.2 Å². The van der Waals surface area contributed by atoms with Crippen molar-refractivity contribution >= 4 is 5.91 Å². The third-order valence-electron chi connectivity index (χ3n) is 8.56. The van der Waals surface area contributed by atoms with E-state index >= 15 is 0 Å². The monoisotopic (exact) mass is 393 g/mol. The molecule has 4 rings (SSSR count). The molecule has 0 radical (unpaired) electrons. The number of rotatable bonds is 4. The Kier molecular flexibility index (Phi) is 6.32. The van der Waals surface area contributed by atoms with Gasteiger partial charge in [0, 0.05) is 24.0 Å². The number of nitrogens with zero attached hydrogens (tertiary/aromatic N) is 1. The van der Waals surface area contributed by atoms with Crippen molar-refractivity contribution in [1.82, 2.24) is 15.5 Å². The molecule has 0 aromatic heterocycles. The number of alkyl halides is 1. The Morgan fingerprint density at radius 1 is 1.00 bits per heavy atom. The summed E-state index contributed by atoms with van der Waals surface area (Å²) in [4.78, 5) is 15.3. The van der Waals surface area contributed by atoms with Crippen LogP contribution in [0.1, 0.15) is 71.1 Å². The van der Waals surface area contributed by atoms with E-state index in [4.69, 9.17) is 0 Å². The first-order valence-electron chi connectivity index (χ1n) is 11.8. The first kappa shape index (κ1) is 20.6. The summed E-state index contributed by atoms with van der Waals surface area (Å²) in [6.45, 7) is 2.20. The van der Waals surface area contributed by atoms with E-state index in [2.05, 4.69) is 36.6 Å². The topological polar surface area (TPSA) is 44.4 Å². The molecule has 4 nitrogen and oxygen atoms in total. The predicted molar refractivity (Wildman–Crippen MR) is 111 cm³/mol. The number of carbonyl (C=O) groups excluding carboxylic acids is 1. The highest BCUT2D eigenvalue weighted by Crippen LogP contribution is 2.41. The van der Waals surface area contributed by atoms with Crippen LogP contribution in [0.5, 0.6) is 0 Å². The van der Waals surface area contributed by atoms with Crippen LogP contribution in [0, 0.1) is 23.7 Å². The van der Waals surface area contributed by atoms with Gasteiger partial charge in [0.2, 0.25) is 5.91 Å². The molecule has 1 amide bonds. The van der Waals surface area contributed by atoms with Crippen LogP contribution < -0.4 is 10.6 Å². The van der Waals surface area contributed by atoms with Gasteiger partial charge in [-0.05, 0) is 83.2 Å². The molecule has 4 aliphatic rings. The average Bonchev–Trinajstić information content (AvgIpc) is 3.33. The van der Waals surface area contributed by atoms with E-state index in [-0.39, 0.29) is 23.9 Å². The summed E-state index contributed by atoms with van der Waals surface area (Å²) >= 11 is 0. The van der Waals surface area contributed by atoms with E-state index in [1.165, 1.54) is 32.1 Å². The second-order valence-corrected chi connectivity index (χ2v) is 10.5. The van der Waals surface area contributed by atoms with Gasteiger partial charge in [-0.25, -0.2) is 4.39 Å². The highest BCUT2D eigenvalue weighted by atomic mass is 19.1. The van der Waals surface area contributed by atoms with Crippen molar-refractivity contribution < 1.29 is 9.18 Å². The smallest absolute Gasteiger partial charge is 0.237 e. The number of nitrogens with one attached hydrogen (secondary N) is 2. The minimum atomic E-state index is -0.738. The number of halogens is 1. The fourth-order valence-corrected chi connectivity index (χ4v) is 6.78. The SMILES string of the molecule is CC1CCC(F)C2CC(C(=O)NC3CCCC([C@@H]4CC[C@@H](N(C)C)C4)C3)NC12. The molecule has 0 bridgehead atoms. The lowest BCUT2D eigenvalue weighted by atomic mass is 9.76. The van der Waals surface area contributed by atoms with Gasteiger partial charge in [0.25, 0.3) is 0 Å². The van der Waals surface area contributed by atoms with Gasteiger partial charge in [-0.1, -0.05) is 19.8 Å². The summed E-state index contributed by atoms with van der Waals surface area (Å²) in [6, 6.07) is 1.04. The number of hydrogen-bond donors (Lipinski definition) is 2. The van der Waals surface area contributed by atoms with Crippen LogP contribution in [0.4, 0.5) is 4.39 Å². The zero-order valence-electron chi connectivity index (χ0n) is 18.0. The maximum Gasteiger partial charge on any atom is 0.237 e. The molecule has 28 heavy (non-hydrogen) atoms. The lowest BCUT2D eigenvalue weighted by Gasteiger charge is -2.34. The molecule has 5 heteroatoms. The van der Waals surface area contributed by atoms with Crippen molar-refractivity contribution in [2.24, 2.45) is 23.7 Å². The predicted octanol–water partition coefficient (Wildman–Crippen LogP) is 3.51. The van der Waals surface area contributed by atoms with Gasteiger partial charge in [0.05, 0.1) is 6.04 Å². The Morgan fingerprint density at radius 3 is 2.50 bits per heavy atom. The van der Waals surface area contributed by atoms with Crippen molar-refractivity contribution in [2.45, 2.75) is 101 Å². The van der Waals surface area contributed by atoms with Crippen molar-refractivity contribution in [2.75, 3.05) is 14.1 Å². The van der Waals surface area contributed by atoms with Crippen LogP contribution in [0.25, 0.3) is 0 Å². The molecular weight excluding hydrogens is 353 g/mol. The Morgan fingerprint density at radius 2 is 1.79 bits per heavy atom. The van der Waals surface area contributed by atoms with Crippen molar-refractivity contribution in [3.63, 3.8) is 0 Å². The molecule has 9 atom stereocenters. The standard InChI is InChI=1S/C23H40FN3O/c1-14-7-10-20(24)19-13-21(26-22(14)19)23(28)25-17-6-4-5-15(11-17)16-8-9-18(12-16)27(2)3/h14-22,26H,4-13H2,1-3H3,(H,25,28)/t14?,15?,16-,17?,18-,19?,20?,21?,22?/m1/s1. The summed E-state index contributed by atoms with van der Waals surface area (Å²) in [5.41, 5.74) is 0. The zero-order chi connectivity index (χ0) is 19.8. The lowest BCUT2D eigenvalue weighted by molar-refractivity contribution is -0.124. The van der Waals surface area contributed by atoms with Gasteiger partial charge in [-0.15, -0.1) is 0 Å². The Hall–Kier alpha value is -0.680. The Balaban J connectivity index is 1.29. The summed E-state index contributed by atoms with van der Waals surface area (Å²) in [7, 11) is 4.40. The minimum absolute atomic E-state index is 0.0278. The van der Waals surface area contributed by atoms with Crippen molar-refractivity contribution in [3.05, 3.63) is 0 Å². The normalized spacial score (nSPS) is 46.5. The quantitative estimate of drug-likeness (QED) is 0.768. The highest BCUT2D eigenvalue weighted by molar-refractivity contribution is 5.82. The summed E-state index contributed by atoms with van der Waals surface area (Å²) in [6.07, 6.45) is 10.3. The molecule has 7 unspecified atom stereocenters. The molecule has 4 fully saturated rings. The first-order valence-corrected chi connectivity index (χ1v) is 11.8. The van der Waals surface area contributed by atoms with Gasteiger partial charge in [0.1, 0.15) is 6.17 Å². The summed E-state index contributed by atoms with van der Waals surface area (Å²) < 4.78 is 14.3. The number of carbonyl (C=O) groups is 1. The van der Waals surface area contributed by atoms with Gasteiger partial charge < -0.3 is 15.5 Å². The van der Waals surface area contributed by atoms with Crippen LogP contribution in [-0.2, 0) is 4.79 Å². The van der Waals surface area contributed by atoms with Gasteiger partial charge in [-0.3, -0.25) is 4.79 Å². The van der Waals surface area contributed by atoms with E-state index < -0.39 is 6.17 Å². The second-order valence-electron chi connectivity index (χ2n) is 10.5. The first-order chi connectivity index (χ1) is 13.4. The molecule has 0 aromatic rings. The van der Waals surface area contributed by atoms with E-state index in [0.29, 0.717) is 24.8 Å². The van der Waals surface area contributed by atoms with Crippen LogP contribution in [0.3, 0.4) is 0 Å². The number of amides is 1. The van der Waals surface area contributed by atoms with Gasteiger partial charge >= 0.3 is 0 Å². The third kappa shape index (κ3) is 4.26. The van der Waals surface area contributed by atoms with Crippen LogP contribution >= 0.6 is 0 Å². The number of fused-ring (bicyclic) bond motifs is 1. The van der Waals surface area contributed by atoms with Crippen molar-refractivity contribution in [3.8, 4) is 0 Å². The summed E-state index contributed by atoms with van der Waals surface area (Å²) in [5.74, 6) is 2.21. The molecule has 2 N–H and O–H groups in total. The molecule has 160 valence electrons. The maximum absolute atomic E-state index is 14.3. The van der Waals surface area contributed by atoms with Crippen LogP contribution in [0.15, 0.2) is 0 Å². The molecular formula is C23H40FN3O. The highest BCUT2D eigenvalue weighted by Gasteiger charge is 2.46. The Bertz CT molecular complexity index is 538. The number of hydrogen-bond acceptors (Lipinski definition) is 3. The molecule has 1 aliphatic heterocycles. The van der Waals surface area contributed by atoms with Crippen molar-refractivity contribution in [1.29, 1.82) is 0 Å². The molecule has 1 saturated heterocycles. The summed E-state index contributed by atoms with van der Waals surface area (Å²) in [5, 5.41) is 6.84. The second kappa shape index (κ2) is 8.59. The Labute approximate surface area is 170 Å². The molecule has 3 saturated carbocycles. The molecule has 0 aromatic carbocycles. The van der Waals surface area contributed by atoms with Crippen LogP contribution in [0.2, 0.25) is 0 Å².